The Kier molecular flexibility index (Phi) is 4.33. The highest BCUT2D eigenvalue weighted by Crippen LogP contribution is 2.22. The molecule has 0 aliphatic heterocycles. The predicted molar refractivity (Wildman–Crippen MR) is 73.1 cm³/mol. The van der Waals surface area contributed by atoms with E-state index in [1.807, 2.05) is 0 Å². The second kappa shape index (κ2) is 5.62. The number of nitrogens with one attached hydrogen (secondary N) is 1. The monoisotopic (exact) mass is 367 g/mol. The highest BCUT2D eigenvalue weighted by atomic mass is 79.9. The molecule has 0 amide bonds. The highest BCUT2D eigenvalue weighted by Gasteiger charge is 2.19. The van der Waals surface area contributed by atoms with Gasteiger partial charge < -0.3 is 0 Å². The van der Waals surface area contributed by atoms with E-state index >= 15 is 0 Å². The summed E-state index contributed by atoms with van der Waals surface area (Å²) in [5.74, 6) is 0. The summed E-state index contributed by atoms with van der Waals surface area (Å²) in [6.45, 7) is 0.176. The average Bonchev–Trinajstić information content (AvgIpc) is 2.83. The van der Waals surface area contributed by atoms with Gasteiger partial charge in [-0.1, -0.05) is 11.6 Å². The number of nitrogens with zero attached hydrogens (tertiary/aromatic N) is 2. The van der Waals surface area contributed by atoms with Crippen LogP contribution < -0.4 is 4.72 Å². The summed E-state index contributed by atoms with van der Waals surface area (Å²) in [4.78, 5) is 8.41. The molecule has 0 atom stereocenters. The lowest BCUT2D eigenvalue weighted by Crippen LogP contribution is -2.23. The van der Waals surface area contributed by atoms with E-state index < -0.39 is 10.0 Å². The first kappa shape index (κ1) is 13.9. The minimum absolute atomic E-state index is 0.0527. The van der Waals surface area contributed by atoms with Gasteiger partial charge in [0.05, 0.1) is 5.51 Å². The van der Waals surface area contributed by atoms with Crippen molar-refractivity contribution < 1.29 is 8.42 Å². The zero-order valence-corrected chi connectivity index (χ0v) is 12.8. The minimum atomic E-state index is -3.69. The molecule has 1 N–H and O–H groups in total. The van der Waals surface area contributed by atoms with Crippen LogP contribution in [0.3, 0.4) is 0 Å². The molecule has 18 heavy (non-hydrogen) atoms. The molecule has 0 aromatic carbocycles. The Labute approximate surface area is 121 Å². The van der Waals surface area contributed by atoms with Gasteiger partial charge >= 0.3 is 0 Å². The second-order valence-electron chi connectivity index (χ2n) is 3.23. The van der Waals surface area contributed by atoms with E-state index in [0.717, 1.165) is 4.88 Å². The Morgan fingerprint density at radius 3 is 2.89 bits per heavy atom. The van der Waals surface area contributed by atoms with Crippen molar-refractivity contribution in [3.63, 3.8) is 0 Å². The van der Waals surface area contributed by atoms with Crippen molar-refractivity contribution in [2.75, 3.05) is 0 Å². The Hall–Kier alpha value is -0.540. The van der Waals surface area contributed by atoms with Gasteiger partial charge in [0, 0.05) is 28.3 Å². The molecule has 0 bridgehead atoms. The van der Waals surface area contributed by atoms with E-state index in [0.29, 0.717) is 4.47 Å². The molecule has 0 saturated carbocycles. The summed E-state index contributed by atoms with van der Waals surface area (Å²) in [5.41, 5.74) is 1.64. The second-order valence-corrected chi connectivity index (χ2v) is 7.21. The molecule has 0 unspecified atom stereocenters. The molecular formula is C9H7BrClN3O2S2. The number of halogens is 2. The van der Waals surface area contributed by atoms with Crippen LogP contribution in [0.1, 0.15) is 4.88 Å². The minimum Gasteiger partial charge on any atom is -0.253 e. The van der Waals surface area contributed by atoms with Gasteiger partial charge in [0.2, 0.25) is 10.0 Å². The van der Waals surface area contributed by atoms with Crippen molar-refractivity contribution in [1.82, 2.24) is 14.7 Å². The van der Waals surface area contributed by atoms with E-state index in [9.17, 15) is 8.42 Å². The SMILES string of the molecule is O=S(=O)(NCc1cncs1)c1cc(Br)cnc1Cl. The first-order valence-corrected chi connectivity index (χ1v) is 8.20. The van der Waals surface area contributed by atoms with Crippen LogP contribution in [0.5, 0.6) is 0 Å². The van der Waals surface area contributed by atoms with Crippen LogP contribution in [-0.2, 0) is 16.6 Å². The van der Waals surface area contributed by atoms with Crippen LogP contribution in [-0.4, -0.2) is 18.4 Å². The lowest BCUT2D eigenvalue weighted by atomic mass is 10.5. The molecule has 0 radical (unpaired) electrons. The molecule has 0 saturated heterocycles. The number of rotatable bonds is 4. The third-order valence-corrected chi connectivity index (χ3v) is 5.02. The number of aromatic nitrogens is 2. The van der Waals surface area contributed by atoms with Gasteiger partial charge in [-0.25, -0.2) is 18.1 Å². The van der Waals surface area contributed by atoms with Crippen LogP contribution in [0.4, 0.5) is 0 Å². The molecule has 96 valence electrons. The summed E-state index contributed by atoms with van der Waals surface area (Å²) in [6, 6.07) is 1.41. The van der Waals surface area contributed by atoms with Crippen LogP contribution in [0.15, 0.2) is 33.3 Å². The Morgan fingerprint density at radius 1 is 1.44 bits per heavy atom. The van der Waals surface area contributed by atoms with Gasteiger partial charge in [0.25, 0.3) is 0 Å². The molecule has 5 nitrogen and oxygen atoms in total. The van der Waals surface area contributed by atoms with E-state index in [2.05, 4.69) is 30.6 Å². The molecule has 0 aliphatic carbocycles. The van der Waals surface area contributed by atoms with Crippen molar-refractivity contribution in [3.05, 3.63) is 38.5 Å². The van der Waals surface area contributed by atoms with Crippen molar-refractivity contribution in [1.29, 1.82) is 0 Å². The number of thiazole rings is 1. The zero-order valence-electron chi connectivity index (χ0n) is 8.80. The summed E-state index contributed by atoms with van der Waals surface area (Å²) in [7, 11) is -3.69. The van der Waals surface area contributed by atoms with Crippen molar-refractivity contribution in [2.24, 2.45) is 0 Å². The van der Waals surface area contributed by atoms with Gasteiger partial charge in [0.15, 0.2) is 0 Å². The molecule has 0 aliphatic rings. The maximum atomic E-state index is 12.0. The number of hydrogen-bond acceptors (Lipinski definition) is 5. The standard InChI is InChI=1S/C9H7BrClN3O2S2/c10-6-1-8(9(11)13-2-6)18(15,16)14-4-7-3-12-5-17-7/h1-3,5,14H,4H2. The lowest BCUT2D eigenvalue weighted by molar-refractivity contribution is 0.581. The van der Waals surface area contributed by atoms with Crippen molar-refractivity contribution in [2.45, 2.75) is 11.4 Å². The average molecular weight is 369 g/mol. The number of hydrogen-bond donors (Lipinski definition) is 1. The quantitative estimate of drug-likeness (QED) is 0.841. The van der Waals surface area contributed by atoms with E-state index in [4.69, 9.17) is 11.6 Å². The molecule has 2 aromatic heterocycles. The normalized spacial score (nSPS) is 11.7. The van der Waals surface area contributed by atoms with E-state index in [1.54, 1.807) is 11.7 Å². The fourth-order valence-electron chi connectivity index (χ4n) is 1.17. The van der Waals surface area contributed by atoms with Crippen molar-refractivity contribution >= 4 is 48.9 Å². The topological polar surface area (TPSA) is 72.0 Å². The summed E-state index contributed by atoms with van der Waals surface area (Å²) < 4.78 is 27.0. The Balaban J connectivity index is 2.22. The van der Waals surface area contributed by atoms with Crippen LogP contribution in [0.2, 0.25) is 5.15 Å². The van der Waals surface area contributed by atoms with Crippen LogP contribution in [0.25, 0.3) is 0 Å². The van der Waals surface area contributed by atoms with Gasteiger partial charge in [-0.2, -0.15) is 0 Å². The summed E-state index contributed by atoms with van der Waals surface area (Å²) >= 11 is 10.3. The van der Waals surface area contributed by atoms with Gasteiger partial charge in [-0.3, -0.25) is 4.98 Å². The molecule has 0 fully saturated rings. The van der Waals surface area contributed by atoms with Gasteiger partial charge in [-0.05, 0) is 22.0 Å². The van der Waals surface area contributed by atoms with Gasteiger partial charge in [0.1, 0.15) is 10.0 Å². The number of sulfonamides is 1. The zero-order chi connectivity index (χ0) is 13.2. The Bertz CT molecular complexity index is 646. The Morgan fingerprint density at radius 2 is 2.22 bits per heavy atom. The largest absolute Gasteiger partial charge is 0.253 e. The lowest BCUT2D eigenvalue weighted by Gasteiger charge is -2.07. The molecular weight excluding hydrogens is 362 g/mol. The molecule has 2 rings (SSSR count). The van der Waals surface area contributed by atoms with Crippen LogP contribution >= 0.6 is 38.9 Å². The fourth-order valence-corrected chi connectivity index (χ4v) is 3.74. The molecule has 2 aromatic rings. The van der Waals surface area contributed by atoms with Crippen LogP contribution in [0, 0.1) is 0 Å². The smallest absolute Gasteiger partial charge is 0.244 e. The van der Waals surface area contributed by atoms with E-state index in [1.165, 1.54) is 23.6 Å². The molecule has 2 heterocycles. The third-order valence-electron chi connectivity index (χ3n) is 1.98. The predicted octanol–water partition coefficient (Wildman–Crippen LogP) is 2.43. The van der Waals surface area contributed by atoms with Gasteiger partial charge in [-0.15, -0.1) is 11.3 Å². The molecule has 0 spiro atoms. The third kappa shape index (κ3) is 3.27. The maximum Gasteiger partial charge on any atom is 0.244 e. The maximum absolute atomic E-state index is 12.0. The molecule has 9 heteroatoms. The first-order valence-electron chi connectivity index (χ1n) is 4.67. The van der Waals surface area contributed by atoms with Crippen molar-refractivity contribution in [3.8, 4) is 0 Å². The number of pyridine rings is 1. The highest BCUT2D eigenvalue weighted by molar-refractivity contribution is 9.10. The van der Waals surface area contributed by atoms with E-state index in [-0.39, 0.29) is 16.6 Å². The summed E-state index contributed by atoms with van der Waals surface area (Å²) in [5, 5.41) is -0.0602. The fraction of sp³-hybridized carbons (Fsp3) is 0.111. The summed E-state index contributed by atoms with van der Waals surface area (Å²) in [6.07, 6.45) is 3.04. The first-order chi connectivity index (χ1) is 8.49.